The number of hydrogen-bond donors (Lipinski definition) is 1. The first-order chi connectivity index (χ1) is 13.9. The van der Waals surface area contributed by atoms with Crippen LogP contribution in [0.5, 0.6) is 5.88 Å². The first-order valence-corrected chi connectivity index (χ1v) is 11.8. The zero-order chi connectivity index (χ0) is 20.4. The lowest BCUT2D eigenvalue weighted by Crippen LogP contribution is -2.29. The molecule has 152 valence electrons. The van der Waals surface area contributed by atoms with E-state index in [-0.39, 0.29) is 17.5 Å². The van der Waals surface area contributed by atoms with Gasteiger partial charge in [-0.3, -0.25) is 0 Å². The van der Waals surface area contributed by atoms with E-state index in [2.05, 4.69) is 17.4 Å². The van der Waals surface area contributed by atoms with Gasteiger partial charge < -0.3 is 10.1 Å². The molecule has 4 rings (SSSR count). The number of aromatic nitrogens is 1. The number of aryl methyl sites for hydroxylation is 1. The number of rotatable bonds is 6. The Morgan fingerprint density at radius 2 is 2.00 bits per heavy atom. The van der Waals surface area contributed by atoms with Crippen LogP contribution in [0.4, 0.5) is 0 Å². The Labute approximate surface area is 176 Å². The van der Waals surface area contributed by atoms with Crippen LogP contribution in [0, 0.1) is 6.92 Å². The second-order valence-electron chi connectivity index (χ2n) is 7.51. The van der Waals surface area contributed by atoms with E-state index in [1.807, 2.05) is 43.3 Å². The molecule has 0 bridgehead atoms. The van der Waals surface area contributed by atoms with Crippen molar-refractivity contribution < 1.29 is 13.2 Å². The summed E-state index contributed by atoms with van der Waals surface area (Å²) in [6.07, 6.45) is 0.637. The number of hydrogen-bond acceptors (Lipinski definition) is 5. The van der Waals surface area contributed by atoms with Gasteiger partial charge in [0.1, 0.15) is 6.61 Å². The molecule has 3 aromatic rings. The number of fused-ring (bicyclic) bond motifs is 1. The number of benzene rings is 2. The smallest absolute Gasteiger partial charge is 0.218 e. The quantitative estimate of drug-likeness (QED) is 0.638. The van der Waals surface area contributed by atoms with Crippen molar-refractivity contribution in [1.29, 1.82) is 0 Å². The molecule has 2 heterocycles. The van der Waals surface area contributed by atoms with E-state index in [9.17, 15) is 8.42 Å². The molecule has 29 heavy (non-hydrogen) atoms. The van der Waals surface area contributed by atoms with E-state index in [1.54, 1.807) is 0 Å². The first-order valence-electron chi connectivity index (χ1n) is 9.60. The van der Waals surface area contributed by atoms with Gasteiger partial charge in [0.15, 0.2) is 9.84 Å². The predicted molar refractivity (Wildman–Crippen MR) is 116 cm³/mol. The topological polar surface area (TPSA) is 68.3 Å². The largest absolute Gasteiger partial charge is 0.472 e. The highest BCUT2D eigenvalue weighted by Gasteiger charge is 2.27. The summed E-state index contributed by atoms with van der Waals surface area (Å²) in [5, 5.41) is 5.04. The Kier molecular flexibility index (Phi) is 5.76. The fourth-order valence-corrected chi connectivity index (χ4v) is 5.44. The molecule has 2 aromatic carbocycles. The van der Waals surface area contributed by atoms with Crippen molar-refractivity contribution in [3.63, 3.8) is 0 Å². The Morgan fingerprint density at radius 3 is 2.76 bits per heavy atom. The third-order valence-electron chi connectivity index (χ3n) is 5.15. The van der Waals surface area contributed by atoms with Gasteiger partial charge in [-0.15, -0.1) is 0 Å². The molecule has 1 atom stereocenters. The minimum atomic E-state index is -2.93. The first kappa shape index (κ1) is 20.1. The molecule has 1 aliphatic heterocycles. The van der Waals surface area contributed by atoms with Crippen molar-refractivity contribution in [3.8, 4) is 5.88 Å². The molecular weight excluding hydrogens is 408 g/mol. The molecule has 0 spiro atoms. The maximum atomic E-state index is 11.7. The number of sulfone groups is 1. The van der Waals surface area contributed by atoms with Crippen molar-refractivity contribution in [2.24, 2.45) is 0 Å². The summed E-state index contributed by atoms with van der Waals surface area (Å²) in [5.74, 6) is 0.966. The maximum Gasteiger partial charge on any atom is 0.218 e. The Balaban J connectivity index is 1.59. The second kappa shape index (κ2) is 8.30. The molecule has 0 saturated carbocycles. The van der Waals surface area contributed by atoms with Crippen LogP contribution < -0.4 is 10.1 Å². The fourth-order valence-electron chi connectivity index (χ4n) is 3.55. The monoisotopic (exact) mass is 430 g/mol. The summed E-state index contributed by atoms with van der Waals surface area (Å²) < 4.78 is 29.5. The number of nitrogens with one attached hydrogen (secondary N) is 1. The van der Waals surface area contributed by atoms with Gasteiger partial charge in [0.2, 0.25) is 5.88 Å². The van der Waals surface area contributed by atoms with Gasteiger partial charge in [-0.2, -0.15) is 0 Å². The van der Waals surface area contributed by atoms with Crippen LogP contribution in [0.1, 0.15) is 23.1 Å². The van der Waals surface area contributed by atoms with Crippen LogP contribution in [0.2, 0.25) is 5.02 Å². The van der Waals surface area contributed by atoms with E-state index in [0.29, 0.717) is 30.5 Å². The number of halogens is 1. The summed E-state index contributed by atoms with van der Waals surface area (Å²) in [4.78, 5) is 4.71. The van der Waals surface area contributed by atoms with E-state index in [4.69, 9.17) is 21.3 Å². The highest BCUT2D eigenvalue weighted by atomic mass is 35.5. The van der Waals surface area contributed by atoms with Gasteiger partial charge in [-0.05, 0) is 37.6 Å². The lowest BCUT2D eigenvalue weighted by atomic mass is 10.1. The minimum Gasteiger partial charge on any atom is -0.472 e. The molecule has 7 heteroatoms. The number of nitrogens with zero attached hydrogens (tertiary/aromatic N) is 1. The summed E-state index contributed by atoms with van der Waals surface area (Å²) in [5.41, 5.74) is 3.81. The molecule has 0 aliphatic carbocycles. The third-order valence-corrected chi connectivity index (χ3v) is 7.28. The summed E-state index contributed by atoms with van der Waals surface area (Å²) in [7, 11) is -2.93. The van der Waals surface area contributed by atoms with Gasteiger partial charge in [0.05, 0.1) is 17.0 Å². The van der Waals surface area contributed by atoms with Crippen LogP contribution >= 0.6 is 11.6 Å². The Morgan fingerprint density at radius 1 is 1.17 bits per heavy atom. The molecule has 0 radical (unpaired) electrons. The van der Waals surface area contributed by atoms with Gasteiger partial charge in [-0.1, -0.05) is 41.4 Å². The summed E-state index contributed by atoms with van der Waals surface area (Å²) in [6.45, 7) is 2.85. The van der Waals surface area contributed by atoms with Crippen molar-refractivity contribution in [3.05, 3.63) is 70.2 Å². The van der Waals surface area contributed by atoms with Crippen molar-refractivity contribution >= 4 is 32.3 Å². The fraction of sp³-hybridized carbons (Fsp3) is 0.318. The zero-order valence-electron chi connectivity index (χ0n) is 16.2. The lowest BCUT2D eigenvalue weighted by Gasteiger charge is -2.16. The molecule has 0 unspecified atom stereocenters. The zero-order valence-corrected chi connectivity index (χ0v) is 17.8. The average Bonchev–Trinajstić information content (AvgIpc) is 3.04. The van der Waals surface area contributed by atoms with E-state index < -0.39 is 9.84 Å². The van der Waals surface area contributed by atoms with Gasteiger partial charge >= 0.3 is 0 Å². The summed E-state index contributed by atoms with van der Waals surface area (Å²) >= 11 is 6.25. The molecule has 1 fully saturated rings. The summed E-state index contributed by atoms with van der Waals surface area (Å²) in [6, 6.07) is 15.7. The third kappa shape index (κ3) is 4.89. The van der Waals surface area contributed by atoms with Crippen LogP contribution in [-0.4, -0.2) is 30.9 Å². The van der Waals surface area contributed by atoms with E-state index in [1.165, 1.54) is 0 Å². The molecule has 5 nitrogen and oxygen atoms in total. The Hall–Kier alpha value is -2.15. The number of ether oxygens (including phenoxy) is 1. The molecule has 1 aliphatic rings. The standard InChI is InChI=1S/C22H23ClN2O3S/c1-15-6-7-21-17(10-15)11-18(12-24-19-8-9-29(26,27)14-19)22(25-21)28-13-16-4-2-3-5-20(16)23/h2-7,10-11,19,24H,8-9,12-14H2,1H3/t19-/m0/s1. The van der Waals surface area contributed by atoms with E-state index in [0.717, 1.165) is 27.6 Å². The second-order valence-corrected chi connectivity index (χ2v) is 10.1. The lowest BCUT2D eigenvalue weighted by molar-refractivity contribution is 0.290. The maximum absolute atomic E-state index is 11.7. The minimum absolute atomic E-state index is 0.0374. The predicted octanol–water partition coefficient (Wildman–Crippen LogP) is 4.05. The number of pyridine rings is 1. The molecule has 0 amide bonds. The van der Waals surface area contributed by atoms with Crippen molar-refractivity contribution in [2.45, 2.75) is 32.5 Å². The van der Waals surface area contributed by atoms with Crippen LogP contribution in [0.25, 0.3) is 10.9 Å². The van der Waals surface area contributed by atoms with Gasteiger partial charge in [0, 0.05) is 34.1 Å². The molecular formula is C22H23ClN2O3S. The highest BCUT2D eigenvalue weighted by Crippen LogP contribution is 2.26. The van der Waals surface area contributed by atoms with Crippen LogP contribution in [0.15, 0.2) is 48.5 Å². The normalized spacial score (nSPS) is 18.2. The van der Waals surface area contributed by atoms with Crippen LogP contribution in [-0.2, 0) is 23.0 Å². The average molecular weight is 431 g/mol. The van der Waals surface area contributed by atoms with Gasteiger partial charge in [-0.25, -0.2) is 13.4 Å². The van der Waals surface area contributed by atoms with Crippen molar-refractivity contribution in [1.82, 2.24) is 10.3 Å². The molecule has 1 saturated heterocycles. The SMILES string of the molecule is Cc1ccc2nc(OCc3ccccc3Cl)c(CN[C@H]3CCS(=O)(=O)C3)cc2c1. The highest BCUT2D eigenvalue weighted by molar-refractivity contribution is 7.91. The molecule has 1 aromatic heterocycles. The Bertz CT molecular complexity index is 1150. The van der Waals surface area contributed by atoms with E-state index >= 15 is 0 Å². The van der Waals surface area contributed by atoms with Gasteiger partial charge in [0.25, 0.3) is 0 Å². The van der Waals surface area contributed by atoms with Crippen molar-refractivity contribution in [2.75, 3.05) is 11.5 Å². The molecule has 1 N–H and O–H groups in total. The van der Waals surface area contributed by atoms with Crippen LogP contribution in [0.3, 0.4) is 0 Å².